The van der Waals surface area contributed by atoms with E-state index in [9.17, 15) is 18.0 Å². The number of rotatable bonds is 6. The van der Waals surface area contributed by atoms with Gasteiger partial charge in [-0.05, 0) is 13.3 Å². The van der Waals surface area contributed by atoms with Gasteiger partial charge in [-0.1, -0.05) is 13.3 Å². The first-order valence-electron chi connectivity index (χ1n) is 4.92. The second-order valence-corrected chi connectivity index (χ2v) is 3.48. The molecule has 0 saturated carbocycles. The van der Waals surface area contributed by atoms with Crippen LogP contribution in [-0.4, -0.2) is 31.2 Å². The molecule has 0 aromatic heterocycles. The average Bonchev–Trinajstić information content (AvgIpc) is 2.01. The molecule has 15 heavy (non-hydrogen) atoms. The summed E-state index contributed by atoms with van der Waals surface area (Å²) in [6.45, 7) is 2.37. The normalized spacial score (nSPS) is 13.7. The van der Waals surface area contributed by atoms with E-state index in [1.807, 2.05) is 19.2 Å². The van der Waals surface area contributed by atoms with Crippen molar-refractivity contribution in [2.45, 2.75) is 38.9 Å². The van der Waals surface area contributed by atoms with E-state index in [0.717, 1.165) is 12.8 Å². The van der Waals surface area contributed by atoms with Crippen molar-refractivity contribution in [3.05, 3.63) is 0 Å². The summed E-state index contributed by atoms with van der Waals surface area (Å²) >= 11 is 0. The predicted molar refractivity (Wildman–Crippen MR) is 51.4 cm³/mol. The maximum Gasteiger partial charge on any atom is 0.401 e. The number of carbonyl (C=O) groups excluding carboxylic acids is 1. The van der Waals surface area contributed by atoms with Crippen LogP contribution in [0.25, 0.3) is 0 Å². The summed E-state index contributed by atoms with van der Waals surface area (Å²) in [6, 6.07) is 0.00943. The Kier molecular flexibility index (Phi) is 6.31. The SMILES string of the molecule is CCCC(C)NC(=O)CNCC(F)(F)F. The third kappa shape index (κ3) is 9.52. The highest BCUT2D eigenvalue weighted by molar-refractivity contribution is 5.78. The summed E-state index contributed by atoms with van der Waals surface area (Å²) in [7, 11) is 0. The summed E-state index contributed by atoms with van der Waals surface area (Å²) in [4.78, 5) is 11.1. The predicted octanol–water partition coefficient (Wildman–Crippen LogP) is 1.44. The Balaban J connectivity index is 3.58. The van der Waals surface area contributed by atoms with Crippen LogP contribution in [0.5, 0.6) is 0 Å². The molecule has 3 nitrogen and oxygen atoms in total. The molecule has 6 heteroatoms. The summed E-state index contributed by atoms with van der Waals surface area (Å²) in [6.07, 6.45) is -2.52. The zero-order chi connectivity index (χ0) is 11.9. The van der Waals surface area contributed by atoms with Crippen LogP contribution in [0.3, 0.4) is 0 Å². The van der Waals surface area contributed by atoms with Crippen molar-refractivity contribution in [2.24, 2.45) is 0 Å². The Morgan fingerprint density at radius 3 is 2.47 bits per heavy atom. The van der Waals surface area contributed by atoms with Gasteiger partial charge in [0.15, 0.2) is 0 Å². The molecule has 1 unspecified atom stereocenters. The van der Waals surface area contributed by atoms with Crippen LogP contribution in [-0.2, 0) is 4.79 Å². The van der Waals surface area contributed by atoms with Gasteiger partial charge in [0.05, 0.1) is 13.1 Å². The first kappa shape index (κ1) is 14.2. The molecule has 0 fully saturated rings. The number of amides is 1. The molecule has 1 amide bonds. The Hall–Kier alpha value is -0.780. The zero-order valence-corrected chi connectivity index (χ0v) is 8.95. The lowest BCUT2D eigenvalue weighted by Gasteiger charge is -2.13. The van der Waals surface area contributed by atoms with E-state index in [1.54, 1.807) is 0 Å². The molecule has 1 atom stereocenters. The van der Waals surface area contributed by atoms with Gasteiger partial charge in [0, 0.05) is 6.04 Å². The molecule has 0 aliphatic carbocycles. The lowest BCUT2D eigenvalue weighted by Crippen LogP contribution is -2.41. The highest BCUT2D eigenvalue weighted by atomic mass is 19.4. The van der Waals surface area contributed by atoms with Crippen LogP contribution < -0.4 is 10.6 Å². The molecule has 2 N–H and O–H groups in total. The highest BCUT2D eigenvalue weighted by Crippen LogP contribution is 2.11. The van der Waals surface area contributed by atoms with Gasteiger partial charge in [-0.25, -0.2) is 0 Å². The fourth-order valence-electron chi connectivity index (χ4n) is 1.15. The Bertz CT molecular complexity index is 194. The molecule has 0 saturated heterocycles. The first-order chi connectivity index (χ1) is 6.85. The van der Waals surface area contributed by atoms with Gasteiger partial charge in [0.2, 0.25) is 5.91 Å². The molecule has 0 aromatic rings. The van der Waals surface area contributed by atoms with Crippen LogP contribution in [0.15, 0.2) is 0 Å². The van der Waals surface area contributed by atoms with Gasteiger partial charge >= 0.3 is 6.18 Å². The molecule has 0 aliphatic rings. The third-order valence-electron chi connectivity index (χ3n) is 1.74. The minimum atomic E-state index is -4.27. The number of carbonyl (C=O) groups is 1. The minimum absolute atomic E-state index is 0.00943. The van der Waals surface area contributed by atoms with Gasteiger partial charge in [-0.15, -0.1) is 0 Å². The third-order valence-corrected chi connectivity index (χ3v) is 1.74. The monoisotopic (exact) mass is 226 g/mol. The first-order valence-corrected chi connectivity index (χ1v) is 4.92. The smallest absolute Gasteiger partial charge is 0.353 e. The van der Waals surface area contributed by atoms with Crippen LogP contribution in [0.4, 0.5) is 13.2 Å². The zero-order valence-electron chi connectivity index (χ0n) is 8.95. The van der Waals surface area contributed by atoms with E-state index in [-0.39, 0.29) is 12.6 Å². The lowest BCUT2D eigenvalue weighted by atomic mass is 10.2. The second-order valence-electron chi connectivity index (χ2n) is 3.48. The van der Waals surface area contributed by atoms with E-state index in [4.69, 9.17) is 0 Å². The number of hydrogen-bond donors (Lipinski definition) is 2. The maximum absolute atomic E-state index is 11.7. The van der Waals surface area contributed by atoms with E-state index >= 15 is 0 Å². The maximum atomic E-state index is 11.7. The number of halogens is 3. The molecule has 0 aromatic carbocycles. The van der Waals surface area contributed by atoms with Gasteiger partial charge in [-0.3, -0.25) is 4.79 Å². The lowest BCUT2D eigenvalue weighted by molar-refractivity contribution is -0.128. The molecule has 0 spiro atoms. The van der Waals surface area contributed by atoms with Crippen molar-refractivity contribution in [1.29, 1.82) is 0 Å². The standard InChI is InChI=1S/C9H17F3N2O/c1-3-4-7(2)14-8(15)5-13-6-9(10,11)12/h7,13H,3-6H2,1-2H3,(H,14,15). The van der Waals surface area contributed by atoms with Gasteiger partial charge < -0.3 is 10.6 Å². The van der Waals surface area contributed by atoms with Crippen molar-refractivity contribution < 1.29 is 18.0 Å². The molecule has 90 valence electrons. The summed E-state index contributed by atoms with van der Waals surface area (Å²) in [5.41, 5.74) is 0. The largest absolute Gasteiger partial charge is 0.401 e. The summed E-state index contributed by atoms with van der Waals surface area (Å²) in [5.74, 6) is -0.403. The van der Waals surface area contributed by atoms with Crippen LogP contribution in [0.1, 0.15) is 26.7 Å². The number of hydrogen-bond acceptors (Lipinski definition) is 2. The molecule has 0 rings (SSSR count). The molecular formula is C9H17F3N2O. The van der Waals surface area contributed by atoms with Gasteiger partial charge in [0.25, 0.3) is 0 Å². The number of alkyl halides is 3. The molecule has 0 radical (unpaired) electrons. The van der Waals surface area contributed by atoms with Crippen LogP contribution in [0.2, 0.25) is 0 Å². The van der Waals surface area contributed by atoms with E-state index in [2.05, 4.69) is 5.32 Å². The Labute approximate surface area is 87.4 Å². The second kappa shape index (κ2) is 6.66. The van der Waals surface area contributed by atoms with Crippen LogP contribution in [0, 0.1) is 0 Å². The minimum Gasteiger partial charge on any atom is -0.353 e. The molecule has 0 heterocycles. The topological polar surface area (TPSA) is 41.1 Å². The molecule has 0 aliphatic heterocycles. The Morgan fingerprint density at radius 2 is 2.00 bits per heavy atom. The highest BCUT2D eigenvalue weighted by Gasteiger charge is 2.26. The van der Waals surface area contributed by atoms with Crippen molar-refractivity contribution in [1.82, 2.24) is 10.6 Å². The fourth-order valence-corrected chi connectivity index (χ4v) is 1.15. The van der Waals surface area contributed by atoms with Crippen LogP contribution >= 0.6 is 0 Å². The quantitative estimate of drug-likeness (QED) is 0.719. The van der Waals surface area contributed by atoms with Crippen molar-refractivity contribution >= 4 is 5.91 Å². The van der Waals surface area contributed by atoms with E-state index in [1.165, 1.54) is 0 Å². The van der Waals surface area contributed by atoms with E-state index in [0.29, 0.717) is 0 Å². The average molecular weight is 226 g/mol. The summed E-state index contributed by atoms with van der Waals surface area (Å²) in [5, 5.41) is 4.63. The Morgan fingerprint density at radius 1 is 1.40 bits per heavy atom. The fraction of sp³-hybridized carbons (Fsp3) is 0.889. The van der Waals surface area contributed by atoms with E-state index < -0.39 is 18.6 Å². The molecular weight excluding hydrogens is 209 g/mol. The number of nitrogens with one attached hydrogen (secondary N) is 2. The van der Waals surface area contributed by atoms with Gasteiger partial charge in [0.1, 0.15) is 0 Å². The van der Waals surface area contributed by atoms with Gasteiger partial charge in [-0.2, -0.15) is 13.2 Å². The van der Waals surface area contributed by atoms with Crippen molar-refractivity contribution in [3.63, 3.8) is 0 Å². The molecule has 0 bridgehead atoms. The van der Waals surface area contributed by atoms with Crippen molar-refractivity contribution in [3.8, 4) is 0 Å². The van der Waals surface area contributed by atoms with Crippen molar-refractivity contribution in [2.75, 3.05) is 13.1 Å². The summed E-state index contributed by atoms with van der Waals surface area (Å²) < 4.78 is 35.1.